The van der Waals surface area contributed by atoms with Gasteiger partial charge in [-0.1, -0.05) is 0 Å². The lowest BCUT2D eigenvalue weighted by atomic mass is 10.1. The smallest absolute Gasteiger partial charge is 0.279 e. The van der Waals surface area contributed by atoms with Crippen LogP contribution in [0.1, 0.15) is 24.2 Å². The molecule has 10 heteroatoms. The second kappa shape index (κ2) is 9.43. The normalized spacial score (nSPS) is 11.6. The molecule has 1 unspecified atom stereocenters. The van der Waals surface area contributed by atoms with Crippen molar-refractivity contribution in [1.29, 1.82) is 0 Å². The summed E-state index contributed by atoms with van der Waals surface area (Å²) in [7, 11) is 1.56. The number of fused-ring (bicyclic) bond motifs is 1. The molecule has 162 valence electrons. The number of carbonyl (C=O) groups is 2. The van der Waals surface area contributed by atoms with Crippen molar-refractivity contribution in [3.8, 4) is 11.5 Å². The Balaban J connectivity index is 1.61. The Kier molecular flexibility index (Phi) is 6.71. The van der Waals surface area contributed by atoms with Crippen LogP contribution >= 0.6 is 12.2 Å². The van der Waals surface area contributed by atoms with Crippen LogP contribution < -0.4 is 25.9 Å². The number of rotatable bonds is 6. The number of hydrogen-bond donors (Lipinski definition) is 3. The van der Waals surface area contributed by atoms with E-state index in [4.69, 9.17) is 21.7 Å². The molecule has 0 saturated heterocycles. The summed E-state index contributed by atoms with van der Waals surface area (Å²) in [4.78, 5) is 39.8. The topological polar surface area (TPSA) is 114 Å². The van der Waals surface area contributed by atoms with Gasteiger partial charge in [0.2, 0.25) is 0 Å². The molecule has 0 spiro atoms. The Morgan fingerprint density at radius 3 is 2.48 bits per heavy atom. The van der Waals surface area contributed by atoms with Crippen molar-refractivity contribution in [2.45, 2.75) is 20.0 Å². The number of ether oxygens (including phenoxy) is 2. The summed E-state index contributed by atoms with van der Waals surface area (Å²) < 4.78 is 12.5. The number of hydrazine groups is 1. The zero-order chi connectivity index (χ0) is 22.5. The first-order valence-electron chi connectivity index (χ1n) is 9.53. The van der Waals surface area contributed by atoms with E-state index in [0.717, 1.165) is 0 Å². The Labute approximate surface area is 183 Å². The van der Waals surface area contributed by atoms with E-state index in [1.54, 1.807) is 38.2 Å². The number of hydrogen-bond acceptors (Lipinski definition) is 6. The molecule has 0 aliphatic carbocycles. The number of aromatic nitrogens is 2. The Hall–Kier alpha value is -3.66. The highest BCUT2D eigenvalue weighted by atomic mass is 32.1. The van der Waals surface area contributed by atoms with Gasteiger partial charge in [-0.25, -0.2) is 0 Å². The lowest BCUT2D eigenvalue weighted by Gasteiger charge is -2.15. The quantitative estimate of drug-likeness (QED) is 0.398. The van der Waals surface area contributed by atoms with Crippen LogP contribution in [0.25, 0.3) is 10.9 Å². The maximum Gasteiger partial charge on any atom is 0.279 e. The number of H-pyrrole nitrogens is 1. The van der Waals surface area contributed by atoms with Crippen LogP contribution in [-0.2, 0) is 11.8 Å². The van der Waals surface area contributed by atoms with Crippen molar-refractivity contribution < 1.29 is 19.1 Å². The average molecular weight is 442 g/mol. The van der Waals surface area contributed by atoms with Crippen molar-refractivity contribution in [3.63, 3.8) is 0 Å². The Morgan fingerprint density at radius 2 is 1.81 bits per heavy atom. The van der Waals surface area contributed by atoms with Crippen molar-refractivity contribution in [2.75, 3.05) is 6.61 Å². The standard InChI is InChI=1S/C21H22N4O5S/c1-4-29-14-6-8-15(9-7-14)30-12(2)18(26)23-24-19(27)13-5-10-16-17(11-13)22-21(31)25(3)20(16)28/h5-12H,4H2,1-3H3,(H,22,31)(H,23,26)(H,24,27). The van der Waals surface area contributed by atoms with Crippen LogP contribution in [0.2, 0.25) is 0 Å². The minimum atomic E-state index is -0.853. The molecular formula is C21H22N4O5S. The lowest BCUT2D eigenvalue weighted by molar-refractivity contribution is -0.128. The van der Waals surface area contributed by atoms with E-state index in [-0.39, 0.29) is 15.9 Å². The molecule has 9 nitrogen and oxygen atoms in total. The molecule has 0 aliphatic rings. The van der Waals surface area contributed by atoms with E-state index >= 15 is 0 Å². The van der Waals surface area contributed by atoms with Crippen molar-refractivity contribution in [1.82, 2.24) is 20.4 Å². The van der Waals surface area contributed by atoms with Crippen molar-refractivity contribution in [2.24, 2.45) is 7.05 Å². The number of amides is 2. The first kappa shape index (κ1) is 22.0. The molecule has 3 N–H and O–H groups in total. The fourth-order valence-corrected chi connectivity index (χ4v) is 2.97. The van der Waals surface area contributed by atoms with Crippen LogP contribution in [-0.4, -0.2) is 34.1 Å². The van der Waals surface area contributed by atoms with Gasteiger partial charge in [0.25, 0.3) is 17.4 Å². The molecule has 0 saturated carbocycles. The molecule has 31 heavy (non-hydrogen) atoms. The van der Waals surface area contributed by atoms with E-state index in [1.165, 1.54) is 22.8 Å². The fourth-order valence-electron chi connectivity index (χ4n) is 2.78. The zero-order valence-electron chi connectivity index (χ0n) is 17.2. The predicted molar refractivity (Wildman–Crippen MR) is 118 cm³/mol. The highest BCUT2D eigenvalue weighted by Gasteiger charge is 2.16. The molecule has 0 fully saturated rings. The molecule has 0 aliphatic heterocycles. The molecule has 1 heterocycles. The fraction of sp³-hybridized carbons (Fsp3) is 0.238. The van der Waals surface area contributed by atoms with Gasteiger partial charge in [0, 0.05) is 12.6 Å². The summed E-state index contributed by atoms with van der Waals surface area (Å²) in [5.74, 6) is 0.108. The second-order valence-corrected chi connectivity index (χ2v) is 7.05. The van der Waals surface area contributed by atoms with Gasteiger partial charge in [-0.3, -0.25) is 29.8 Å². The van der Waals surface area contributed by atoms with E-state index in [2.05, 4.69) is 15.8 Å². The minimum Gasteiger partial charge on any atom is -0.494 e. The summed E-state index contributed by atoms with van der Waals surface area (Å²) in [5, 5.41) is 0.397. The number of aromatic amines is 1. The van der Waals surface area contributed by atoms with E-state index in [9.17, 15) is 14.4 Å². The minimum absolute atomic E-state index is 0.239. The maximum absolute atomic E-state index is 12.4. The summed E-state index contributed by atoms with van der Waals surface area (Å²) in [5.41, 5.74) is 5.07. The number of benzene rings is 2. The summed E-state index contributed by atoms with van der Waals surface area (Å²) in [6, 6.07) is 11.4. The molecule has 1 aromatic heterocycles. The number of nitrogens with zero attached hydrogens (tertiary/aromatic N) is 1. The van der Waals surface area contributed by atoms with Gasteiger partial charge < -0.3 is 14.5 Å². The summed E-state index contributed by atoms with van der Waals surface area (Å²) >= 11 is 5.09. The Bertz CT molecular complexity index is 1230. The van der Waals surface area contributed by atoms with Gasteiger partial charge in [0.15, 0.2) is 10.9 Å². The third-order valence-electron chi connectivity index (χ3n) is 4.48. The van der Waals surface area contributed by atoms with Crippen LogP contribution in [0.3, 0.4) is 0 Å². The van der Waals surface area contributed by atoms with E-state index in [0.29, 0.717) is 29.0 Å². The molecule has 1 atom stereocenters. The Morgan fingerprint density at radius 1 is 1.13 bits per heavy atom. The number of carbonyl (C=O) groups excluding carboxylic acids is 2. The van der Waals surface area contributed by atoms with Crippen molar-refractivity contribution in [3.05, 3.63) is 63.2 Å². The zero-order valence-corrected chi connectivity index (χ0v) is 18.0. The van der Waals surface area contributed by atoms with Gasteiger partial charge in [-0.15, -0.1) is 0 Å². The maximum atomic E-state index is 12.4. The van der Waals surface area contributed by atoms with Gasteiger partial charge in [-0.05, 0) is 68.5 Å². The van der Waals surface area contributed by atoms with Crippen LogP contribution in [0.15, 0.2) is 47.3 Å². The first-order valence-corrected chi connectivity index (χ1v) is 9.93. The molecule has 2 aromatic carbocycles. The lowest BCUT2D eigenvalue weighted by Crippen LogP contribution is -2.47. The molecule has 3 rings (SSSR count). The highest BCUT2D eigenvalue weighted by molar-refractivity contribution is 7.71. The second-order valence-electron chi connectivity index (χ2n) is 6.66. The van der Waals surface area contributed by atoms with Gasteiger partial charge >= 0.3 is 0 Å². The van der Waals surface area contributed by atoms with Gasteiger partial charge in [0.1, 0.15) is 11.5 Å². The molecule has 2 amide bonds. The summed E-state index contributed by atoms with van der Waals surface area (Å²) in [6.07, 6.45) is -0.853. The molecular weight excluding hydrogens is 420 g/mol. The SMILES string of the molecule is CCOc1ccc(OC(C)C(=O)NNC(=O)c2ccc3c(=O)n(C)c(=S)[nH]c3c2)cc1. The van der Waals surface area contributed by atoms with Crippen molar-refractivity contribution >= 4 is 34.9 Å². The number of nitrogens with one attached hydrogen (secondary N) is 3. The largest absolute Gasteiger partial charge is 0.494 e. The first-order chi connectivity index (χ1) is 14.8. The van der Waals surface area contributed by atoms with Crippen LogP contribution in [0.5, 0.6) is 11.5 Å². The molecule has 0 radical (unpaired) electrons. The van der Waals surface area contributed by atoms with Gasteiger partial charge in [-0.2, -0.15) is 0 Å². The third-order valence-corrected chi connectivity index (χ3v) is 4.86. The average Bonchev–Trinajstić information content (AvgIpc) is 2.76. The van der Waals surface area contributed by atoms with E-state index < -0.39 is 17.9 Å². The van der Waals surface area contributed by atoms with E-state index in [1.807, 2.05) is 6.92 Å². The predicted octanol–water partition coefficient (Wildman–Crippen LogP) is 2.22. The van der Waals surface area contributed by atoms with Gasteiger partial charge in [0.05, 0.1) is 17.5 Å². The van der Waals surface area contributed by atoms with Crippen LogP contribution in [0, 0.1) is 4.77 Å². The third kappa shape index (κ3) is 5.10. The highest BCUT2D eigenvalue weighted by Crippen LogP contribution is 2.18. The monoisotopic (exact) mass is 442 g/mol. The molecule has 0 bridgehead atoms. The summed E-state index contributed by atoms with van der Waals surface area (Å²) in [6.45, 7) is 4.00. The molecule has 3 aromatic rings. The van der Waals surface area contributed by atoms with Crippen LogP contribution in [0.4, 0.5) is 0 Å².